The van der Waals surface area contributed by atoms with Crippen molar-refractivity contribution < 1.29 is 18.2 Å². The second kappa shape index (κ2) is 8.33. The molecule has 9 heteroatoms. The van der Waals surface area contributed by atoms with Crippen molar-refractivity contribution in [2.45, 2.75) is 58.4 Å². The molecule has 1 saturated carbocycles. The number of carbonyl (C=O) groups excluding carboxylic acids is 1. The Balaban J connectivity index is 1.35. The molecule has 2 aromatic heterocycles. The summed E-state index contributed by atoms with van der Waals surface area (Å²) in [7, 11) is 0. The van der Waals surface area contributed by atoms with Gasteiger partial charge in [-0.25, -0.2) is 4.39 Å². The molecule has 1 amide bonds. The standard InChI is InChI=1S/C21H24FN5O3/c1-11(2)18(21-25-19(27-30-21)13-4-5-13)23-16(28)8-9-17-24-20(26-29-17)14-6-7-15(22)12(3)10-14/h6-7,10-11,13,18H,4-5,8-9H2,1-3H3,(H,23,28). The number of aryl methyl sites for hydroxylation is 2. The Kier molecular flexibility index (Phi) is 5.61. The van der Waals surface area contributed by atoms with Crippen LogP contribution in [0.1, 0.15) is 68.2 Å². The van der Waals surface area contributed by atoms with Gasteiger partial charge in [0.05, 0.1) is 0 Å². The van der Waals surface area contributed by atoms with Gasteiger partial charge in [0.1, 0.15) is 11.9 Å². The summed E-state index contributed by atoms with van der Waals surface area (Å²) in [4.78, 5) is 21.2. The number of carbonyl (C=O) groups is 1. The summed E-state index contributed by atoms with van der Waals surface area (Å²) in [6.45, 7) is 5.65. The number of rotatable bonds is 8. The zero-order valence-corrected chi connectivity index (χ0v) is 17.2. The zero-order chi connectivity index (χ0) is 21.3. The molecule has 30 heavy (non-hydrogen) atoms. The van der Waals surface area contributed by atoms with Crippen LogP contribution in [0.4, 0.5) is 4.39 Å². The highest BCUT2D eigenvalue weighted by atomic mass is 19.1. The Hall–Kier alpha value is -3.10. The molecule has 0 saturated heterocycles. The lowest BCUT2D eigenvalue weighted by Crippen LogP contribution is -2.32. The van der Waals surface area contributed by atoms with E-state index in [4.69, 9.17) is 9.05 Å². The fourth-order valence-electron chi connectivity index (χ4n) is 3.12. The van der Waals surface area contributed by atoms with Crippen LogP contribution in [0.2, 0.25) is 0 Å². The van der Waals surface area contributed by atoms with E-state index in [2.05, 4.69) is 25.6 Å². The predicted molar refractivity (Wildman–Crippen MR) is 105 cm³/mol. The molecule has 4 rings (SSSR count). The summed E-state index contributed by atoms with van der Waals surface area (Å²) in [5.41, 5.74) is 1.17. The molecule has 1 aromatic carbocycles. The minimum Gasteiger partial charge on any atom is -0.344 e. The number of nitrogens with zero attached hydrogens (tertiary/aromatic N) is 4. The summed E-state index contributed by atoms with van der Waals surface area (Å²) in [6, 6.07) is 4.27. The van der Waals surface area contributed by atoms with Crippen molar-refractivity contribution in [2.75, 3.05) is 0 Å². The van der Waals surface area contributed by atoms with E-state index in [0.717, 1.165) is 18.7 Å². The molecule has 1 aliphatic carbocycles. The van der Waals surface area contributed by atoms with Crippen LogP contribution in [0.3, 0.4) is 0 Å². The topological polar surface area (TPSA) is 107 Å². The zero-order valence-electron chi connectivity index (χ0n) is 17.2. The maximum atomic E-state index is 13.4. The number of benzene rings is 1. The third-order valence-electron chi connectivity index (χ3n) is 5.10. The van der Waals surface area contributed by atoms with Crippen LogP contribution in [0.25, 0.3) is 11.4 Å². The second-order valence-electron chi connectivity index (χ2n) is 8.03. The van der Waals surface area contributed by atoms with E-state index in [1.165, 1.54) is 6.07 Å². The monoisotopic (exact) mass is 413 g/mol. The smallest absolute Gasteiger partial charge is 0.249 e. The summed E-state index contributed by atoms with van der Waals surface area (Å²) >= 11 is 0. The van der Waals surface area contributed by atoms with Crippen LogP contribution in [0.5, 0.6) is 0 Å². The van der Waals surface area contributed by atoms with Crippen molar-refractivity contribution in [1.82, 2.24) is 25.6 Å². The van der Waals surface area contributed by atoms with Gasteiger partial charge in [-0.15, -0.1) is 0 Å². The Morgan fingerprint density at radius 2 is 2.03 bits per heavy atom. The van der Waals surface area contributed by atoms with E-state index in [0.29, 0.717) is 41.1 Å². The lowest BCUT2D eigenvalue weighted by molar-refractivity contribution is -0.122. The van der Waals surface area contributed by atoms with Crippen LogP contribution in [0, 0.1) is 18.7 Å². The Labute approximate surface area is 173 Å². The maximum absolute atomic E-state index is 13.4. The van der Waals surface area contributed by atoms with Gasteiger partial charge in [0.15, 0.2) is 5.82 Å². The first-order chi connectivity index (χ1) is 14.4. The average molecular weight is 413 g/mol. The maximum Gasteiger partial charge on any atom is 0.249 e. The van der Waals surface area contributed by atoms with Crippen molar-refractivity contribution >= 4 is 5.91 Å². The van der Waals surface area contributed by atoms with Gasteiger partial charge in [-0.3, -0.25) is 4.79 Å². The van der Waals surface area contributed by atoms with Crippen molar-refractivity contribution in [3.05, 3.63) is 47.2 Å². The highest BCUT2D eigenvalue weighted by molar-refractivity contribution is 5.76. The first-order valence-corrected chi connectivity index (χ1v) is 10.1. The van der Waals surface area contributed by atoms with E-state index in [9.17, 15) is 9.18 Å². The van der Waals surface area contributed by atoms with E-state index in [1.807, 2.05) is 13.8 Å². The van der Waals surface area contributed by atoms with Crippen LogP contribution in [-0.4, -0.2) is 26.2 Å². The van der Waals surface area contributed by atoms with Gasteiger partial charge < -0.3 is 14.4 Å². The minimum atomic E-state index is -0.349. The van der Waals surface area contributed by atoms with Crippen molar-refractivity contribution in [1.29, 1.82) is 0 Å². The molecule has 8 nitrogen and oxygen atoms in total. The summed E-state index contributed by atoms with van der Waals surface area (Å²) < 4.78 is 24.1. The largest absolute Gasteiger partial charge is 0.344 e. The molecule has 158 valence electrons. The number of halogens is 1. The third-order valence-corrected chi connectivity index (χ3v) is 5.10. The quantitative estimate of drug-likeness (QED) is 0.597. The van der Waals surface area contributed by atoms with Crippen LogP contribution < -0.4 is 5.32 Å². The molecular weight excluding hydrogens is 389 g/mol. The Morgan fingerprint density at radius 1 is 1.23 bits per heavy atom. The Morgan fingerprint density at radius 3 is 2.73 bits per heavy atom. The summed E-state index contributed by atoms with van der Waals surface area (Å²) in [5.74, 6) is 1.90. The lowest BCUT2D eigenvalue weighted by atomic mass is 10.0. The molecule has 0 radical (unpaired) electrons. The van der Waals surface area contributed by atoms with E-state index >= 15 is 0 Å². The average Bonchev–Trinajstić information content (AvgIpc) is 3.25. The van der Waals surface area contributed by atoms with Gasteiger partial charge in [0.2, 0.25) is 23.5 Å². The van der Waals surface area contributed by atoms with E-state index in [-0.39, 0.29) is 30.1 Å². The molecule has 1 atom stereocenters. The fourth-order valence-corrected chi connectivity index (χ4v) is 3.12. The molecule has 1 unspecified atom stereocenters. The van der Waals surface area contributed by atoms with E-state index < -0.39 is 0 Å². The number of aromatic nitrogens is 4. The molecule has 1 aliphatic rings. The van der Waals surface area contributed by atoms with Crippen molar-refractivity contribution in [3.63, 3.8) is 0 Å². The number of hydrogen-bond acceptors (Lipinski definition) is 7. The van der Waals surface area contributed by atoms with Crippen LogP contribution in [0.15, 0.2) is 27.2 Å². The number of nitrogens with one attached hydrogen (secondary N) is 1. The van der Waals surface area contributed by atoms with Gasteiger partial charge in [-0.1, -0.05) is 24.2 Å². The third kappa shape index (κ3) is 4.55. The molecule has 0 spiro atoms. The normalized spacial score (nSPS) is 14.8. The van der Waals surface area contributed by atoms with Crippen LogP contribution in [-0.2, 0) is 11.2 Å². The van der Waals surface area contributed by atoms with Gasteiger partial charge in [0.25, 0.3) is 0 Å². The Bertz CT molecular complexity index is 1040. The minimum absolute atomic E-state index is 0.0955. The van der Waals surface area contributed by atoms with Crippen molar-refractivity contribution in [2.24, 2.45) is 5.92 Å². The molecule has 0 aliphatic heterocycles. The van der Waals surface area contributed by atoms with Gasteiger partial charge in [-0.05, 0) is 49.4 Å². The predicted octanol–water partition coefficient (Wildman–Crippen LogP) is 3.89. The van der Waals surface area contributed by atoms with Gasteiger partial charge in [0, 0.05) is 24.3 Å². The van der Waals surface area contributed by atoms with Crippen molar-refractivity contribution in [3.8, 4) is 11.4 Å². The number of amides is 1. The van der Waals surface area contributed by atoms with Gasteiger partial charge in [-0.2, -0.15) is 9.97 Å². The van der Waals surface area contributed by atoms with Crippen LogP contribution >= 0.6 is 0 Å². The first-order valence-electron chi connectivity index (χ1n) is 10.1. The lowest BCUT2D eigenvalue weighted by Gasteiger charge is -2.18. The summed E-state index contributed by atoms with van der Waals surface area (Å²) in [6.07, 6.45) is 2.64. The molecule has 0 bridgehead atoms. The fraction of sp³-hybridized carbons (Fsp3) is 0.476. The number of hydrogen-bond donors (Lipinski definition) is 1. The molecule has 1 N–H and O–H groups in total. The first kappa shape index (κ1) is 20.2. The molecular formula is C21H24FN5O3. The second-order valence-corrected chi connectivity index (χ2v) is 8.03. The molecule has 2 heterocycles. The van der Waals surface area contributed by atoms with Gasteiger partial charge >= 0.3 is 0 Å². The SMILES string of the molecule is Cc1cc(-c2noc(CCC(=O)NC(c3nc(C4CC4)no3)C(C)C)n2)ccc1F. The highest BCUT2D eigenvalue weighted by Gasteiger charge is 2.31. The molecule has 1 fully saturated rings. The van der Waals surface area contributed by atoms with E-state index in [1.54, 1.807) is 19.1 Å². The highest BCUT2D eigenvalue weighted by Crippen LogP contribution is 2.38. The summed E-state index contributed by atoms with van der Waals surface area (Å²) in [5, 5.41) is 10.9. The molecule has 3 aromatic rings.